The van der Waals surface area contributed by atoms with Crippen LogP contribution in [0.4, 0.5) is 0 Å². The van der Waals surface area contributed by atoms with Crippen LogP contribution >= 0.6 is 22.6 Å². The third-order valence-corrected chi connectivity index (χ3v) is 3.58. The smallest absolute Gasteiger partial charge is 0.141 e. The fourth-order valence-corrected chi connectivity index (χ4v) is 2.85. The van der Waals surface area contributed by atoms with E-state index >= 15 is 0 Å². The van der Waals surface area contributed by atoms with E-state index in [9.17, 15) is 0 Å². The van der Waals surface area contributed by atoms with Crippen molar-refractivity contribution in [1.82, 2.24) is 20.1 Å². The van der Waals surface area contributed by atoms with E-state index in [1.807, 2.05) is 4.68 Å². The highest BCUT2D eigenvalue weighted by molar-refractivity contribution is 14.1. The largest absolute Gasteiger partial charge is 0.306 e. The lowest BCUT2D eigenvalue weighted by molar-refractivity contribution is 0.414. The maximum absolute atomic E-state index is 4.29. The zero-order valence-electron chi connectivity index (χ0n) is 10.4. The van der Waals surface area contributed by atoms with E-state index in [0.717, 1.165) is 16.8 Å². The fraction of sp³-hybridized carbons (Fsp3) is 0.818. The quantitative estimate of drug-likeness (QED) is 0.641. The molecule has 1 heterocycles. The van der Waals surface area contributed by atoms with Crippen molar-refractivity contribution in [2.45, 2.75) is 46.3 Å². The van der Waals surface area contributed by atoms with Gasteiger partial charge in [-0.2, -0.15) is 5.10 Å². The highest BCUT2D eigenvalue weighted by Crippen LogP contribution is 2.08. The summed E-state index contributed by atoms with van der Waals surface area (Å²) in [6.07, 6.45) is 1.63. The van der Waals surface area contributed by atoms with Crippen LogP contribution in [-0.2, 0) is 6.54 Å². The van der Waals surface area contributed by atoms with Crippen molar-refractivity contribution in [2.75, 3.05) is 4.43 Å². The first-order chi connectivity index (χ1) is 7.56. The summed E-state index contributed by atoms with van der Waals surface area (Å²) in [5.74, 6) is 1.66. The number of rotatable bonds is 6. The molecular formula is C11H21IN4. The Hall–Kier alpha value is -0.170. The predicted octanol–water partition coefficient (Wildman–Crippen LogP) is 2.41. The van der Waals surface area contributed by atoms with E-state index in [-0.39, 0.29) is 0 Å². The average molecular weight is 336 g/mol. The molecule has 0 aliphatic carbocycles. The Morgan fingerprint density at radius 2 is 2.06 bits per heavy atom. The number of hydrogen-bond acceptors (Lipinski definition) is 3. The Kier molecular flexibility index (Phi) is 5.68. The Bertz CT molecular complexity index is 309. The minimum Gasteiger partial charge on any atom is -0.306 e. The number of nitrogens with zero attached hydrogens (tertiary/aromatic N) is 3. The highest BCUT2D eigenvalue weighted by atomic mass is 127. The molecule has 1 N–H and O–H groups in total. The van der Waals surface area contributed by atoms with Crippen molar-refractivity contribution >= 4 is 22.6 Å². The lowest BCUT2D eigenvalue weighted by Crippen LogP contribution is -2.35. The minimum absolute atomic E-state index is 0.372. The maximum Gasteiger partial charge on any atom is 0.141 e. The molecule has 92 valence electrons. The van der Waals surface area contributed by atoms with E-state index < -0.39 is 0 Å². The normalized spacial score (nSPS) is 13.7. The number of halogens is 1. The van der Waals surface area contributed by atoms with Gasteiger partial charge in [0.15, 0.2) is 0 Å². The summed E-state index contributed by atoms with van der Waals surface area (Å²) in [5.41, 5.74) is 0. The van der Waals surface area contributed by atoms with Crippen LogP contribution in [0.5, 0.6) is 0 Å². The molecule has 0 saturated carbocycles. The molecule has 0 fully saturated rings. The monoisotopic (exact) mass is 336 g/mol. The lowest BCUT2D eigenvalue weighted by Gasteiger charge is -2.20. The zero-order chi connectivity index (χ0) is 12.1. The van der Waals surface area contributed by atoms with Gasteiger partial charge in [-0.15, -0.1) is 0 Å². The summed E-state index contributed by atoms with van der Waals surface area (Å²) in [4.78, 5) is 4.29. The third-order valence-electron chi connectivity index (χ3n) is 2.63. The van der Waals surface area contributed by atoms with Crippen LogP contribution in [0.15, 0.2) is 6.33 Å². The van der Waals surface area contributed by atoms with Crippen LogP contribution in [-0.4, -0.2) is 25.2 Å². The summed E-state index contributed by atoms with van der Waals surface area (Å²) >= 11 is 2.42. The van der Waals surface area contributed by atoms with Crippen LogP contribution in [0.25, 0.3) is 0 Å². The van der Waals surface area contributed by atoms with E-state index in [1.54, 1.807) is 6.33 Å². The van der Waals surface area contributed by atoms with Gasteiger partial charge in [-0.3, -0.25) is 0 Å². The topological polar surface area (TPSA) is 42.7 Å². The fourth-order valence-electron chi connectivity index (χ4n) is 1.52. The van der Waals surface area contributed by atoms with Crippen LogP contribution in [0.2, 0.25) is 0 Å². The molecule has 0 radical (unpaired) electrons. The van der Waals surface area contributed by atoms with Gasteiger partial charge in [-0.25, -0.2) is 9.67 Å². The van der Waals surface area contributed by atoms with Crippen molar-refractivity contribution in [3.05, 3.63) is 12.2 Å². The molecule has 1 aromatic heterocycles. The third kappa shape index (κ3) is 3.69. The molecule has 4 nitrogen and oxygen atoms in total. The first kappa shape index (κ1) is 13.9. The van der Waals surface area contributed by atoms with Crippen LogP contribution in [0, 0.1) is 5.92 Å². The van der Waals surface area contributed by atoms with Gasteiger partial charge in [0, 0.05) is 16.5 Å². The summed E-state index contributed by atoms with van der Waals surface area (Å²) in [6.45, 7) is 9.52. The van der Waals surface area contributed by atoms with Gasteiger partial charge in [0.1, 0.15) is 12.2 Å². The number of aromatic nitrogens is 3. The molecule has 1 unspecified atom stereocenters. The minimum atomic E-state index is 0.372. The highest BCUT2D eigenvalue weighted by Gasteiger charge is 2.13. The second kappa shape index (κ2) is 6.54. The van der Waals surface area contributed by atoms with E-state index in [4.69, 9.17) is 0 Å². The molecule has 5 heteroatoms. The summed E-state index contributed by atoms with van der Waals surface area (Å²) in [7, 11) is 0. The Labute approximate surface area is 111 Å². The standard InChI is InChI=1S/C11H21IN4/c1-8(2)10(5-12)13-6-11-14-7-15-16(11)9(3)4/h7-10,13H,5-6H2,1-4H3. The summed E-state index contributed by atoms with van der Waals surface area (Å²) in [5, 5.41) is 7.76. The molecule has 1 aromatic rings. The molecule has 1 rings (SSSR count). The maximum atomic E-state index is 4.29. The van der Waals surface area contributed by atoms with Crippen molar-refractivity contribution in [3.63, 3.8) is 0 Å². The van der Waals surface area contributed by atoms with E-state index in [0.29, 0.717) is 18.0 Å². The average Bonchev–Trinajstić information content (AvgIpc) is 2.66. The molecule has 0 aliphatic rings. The predicted molar refractivity (Wildman–Crippen MR) is 74.8 cm³/mol. The van der Waals surface area contributed by atoms with E-state index in [2.05, 4.69) is 65.7 Å². The molecule has 0 amide bonds. The summed E-state index contributed by atoms with van der Waals surface area (Å²) in [6, 6.07) is 0.911. The van der Waals surface area contributed by atoms with Crippen molar-refractivity contribution in [2.24, 2.45) is 5.92 Å². The number of alkyl halides is 1. The Morgan fingerprint density at radius 3 is 2.56 bits per heavy atom. The van der Waals surface area contributed by atoms with Gasteiger partial charge < -0.3 is 5.32 Å². The lowest BCUT2D eigenvalue weighted by atomic mass is 10.1. The van der Waals surface area contributed by atoms with Gasteiger partial charge in [-0.1, -0.05) is 36.4 Å². The van der Waals surface area contributed by atoms with Gasteiger partial charge in [0.05, 0.1) is 6.54 Å². The first-order valence-corrected chi connectivity index (χ1v) is 7.26. The molecule has 0 spiro atoms. The second-order valence-corrected chi connectivity index (χ2v) is 5.48. The Balaban J connectivity index is 2.56. The van der Waals surface area contributed by atoms with Crippen molar-refractivity contribution < 1.29 is 0 Å². The molecule has 0 aromatic carbocycles. The molecule has 0 aliphatic heterocycles. The van der Waals surface area contributed by atoms with Gasteiger partial charge in [0.25, 0.3) is 0 Å². The molecule has 1 atom stereocenters. The zero-order valence-corrected chi connectivity index (χ0v) is 12.6. The van der Waals surface area contributed by atoms with Gasteiger partial charge in [-0.05, 0) is 19.8 Å². The van der Waals surface area contributed by atoms with E-state index in [1.165, 1.54) is 0 Å². The number of hydrogen-bond donors (Lipinski definition) is 1. The van der Waals surface area contributed by atoms with Crippen LogP contribution < -0.4 is 5.32 Å². The van der Waals surface area contributed by atoms with Gasteiger partial charge in [0.2, 0.25) is 0 Å². The van der Waals surface area contributed by atoms with Crippen molar-refractivity contribution in [3.8, 4) is 0 Å². The van der Waals surface area contributed by atoms with Gasteiger partial charge >= 0.3 is 0 Å². The second-order valence-electron chi connectivity index (χ2n) is 4.60. The molecule has 0 saturated heterocycles. The van der Waals surface area contributed by atoms with Crippen molar-refractivity contribution in [1.29, 1.82) is 0 Å². The van der Waals surface area contributed by atoms with Crippen LogP contribution in [0.3, 0.4) is 0 Å². The molecule has 0 bridgehead atoms. The molecule has 16 heavy (non-hydrogen) atoms. The van der Waals surface area contributed by atoms with Crippen LogP contribution in [0.1, 0.15) is 39.6 Å². The first-order valence-electron chi connectivity index (χ1n) is 5.74. The number of nitrogens with one attached hydrogen (secondary N) is 1. The molecular weight excluding hydrogens is 315 g/mol. The Morgan fingerprint density at radius 1 is 1.38 bits per heavy atom. The SMILES string of the molecule is CC(C)C(CI)NCc1ncnn1C(C)C. The summed E-state index contributed by atoms with van der Waals surface area (Å²) < 4.78 is 3.09.